The highest BCUT2D eigenvalue weighted by atomic mass is 16.3. The molecule has 100 valence electrons. The number of piperidine rings is 1. The predicted molar refractivity (Wildman–Crippen MR) is 68.8 cm³/mol. The largest absolute Gasteiger partial charge is 0.396 e. The molecule has 0 saturated carbocycles. The zero-order valence-electron chi connectivity index (χ0n) is 11.3. The maximum Gasteiger partial charge on any atom is 0.234 e. The number of amides is 1. The van der Waals surface area contributed by atoms with Gasteiger partial charge in [0.05, 0.1) is 6.54 Å². The van der Waals surface area contributed by atoms with Gasteiger partial charge in [-0.1, -0.05) is 6.92 Å². The highest BCUT2D eigenvalue weighted by Crippen LogP contribution is 2.16. The Balaban J connectivity index is 2.28. The molecule has 0 atom stereocenters. The van der Waals surface area contributed by atoms with Gasteiger partial charge in [-0.2, -0.15) is 0 Å². The average molecular weight is 242 g/mol. The van der Waals surface area contributed by atoms with Crippen molar-refractivity contribution in [3.63, 3.8) is 0 Å². The Labute approximate surface area is 104 Å². The van der Waals surface area contributed by atoms with E-state index >= 15 is 0 Å². The standard InChI is InChI=1S/C13H26N2O2/c1-4-13(2,3)14-12(17)9-15-7-5-11(10-16)6-8-15/h11,16H,4-10H2,1-3H3,(H,14,17). The second kappa shape index (κ2) is 6.36. The van der Waals surface area contributed by atoms with E-state index in [1.54, 1.807) is 0 Å². The molecule has 1 heterocycles. The Bertz CT molecular complexity index is 246. The number of carbonyl (C=O) groups excluding carboxylic acids is 1. The van der Waals surface area contributed by atoms with Gasteiger partial charge in [0.15, 0.2) is 0 Å². The van der Waals surface area contributed by atoms with E-state index in [1.165, 1.54) is 0 Å². The fourth-order valence-electron chi connectivity index (χ4n) is 2.04. The summed E-state index contributed by atoms with van der Waals surface area (Å²) in [4.78, 5) is 14.0. The Hall–Kier alpha value is -0.610. The van der Waals surface area contributed by atoms with Crippen molar-refractivity contribution >= 4 is 5.91 Å². The number of hydrogen-bond acceptors (Lipinski definition) is 3. The fraction of sp³-hybridized carbons (Fsp3) is 0.923. The molecule has 0 radical (unpaired) electrons. The molecule has 0 bridgehead atoms. The minimum atomic E-state index is -0.111. The third-order valence-electron chi connectivity index (χ3n) is 3.69. The van der Waals surface area contributed by atoms with Crippen LogP contribution in [0.5, 0.6) is 0 Å². The highest BCUT2D eigenvalue weighted by Gasteiger charge is 2.22. The molecule has 2 N–H and O–H groups in total. The molecule has 1 rings (SSSR count). The van der Waals surface area contributed by atoms with Crippen molar-refractivity contribution in [2.24, 2.45) is 5.92 Å². The van der Waals surface area contributed by atoms with Gasteiger partial charge in [0.2, 0.25) is 5.91 Å². The van der Waals surface area contributed by atoms with Gasteiger partial charge in [-0.25, -0.2) is 0 Å². The van der Waals surface area contributed by atoms with Crippen molar-refractivity contribution in [2.75, 3.05) is 26.2 Å². The second-order valence-corrected chi connectivity index (χ2v) is 5.69. The Morgan fingerprint density at radius 2 is 2.00 bits per heavy atom. The smallest absolute Gasteiger partial charge is 0.234 e. The first kappa shape index (κ1) is 14.5. The molecule has 1 aliphatic heterocycles. The lowest BCUT2D eigenvalue weighted by atomic mass is 9.98. The average Bonchev–Trinajstić information content (AvgIpc) is 2.29. The molecule has 1 saturated heterocycles. The van der Waals surface area contributed by atoms with Crippen LogP contribution in [0, 0.1) is 5.92 Å². The SMILES string of the molecule is CCC(C)(C)NC(=O)CN1CCC(CO)CC1. The Morgan fingerprint density at radius 3 is 2.47 bits per heavy atom. The Morgan fingerprint density at radius 1 is 1.41 bits per heavy atom. The van der Waals surface area contributed by atoms with Crippen molar-refractivity contribution in [1.29, 1.82) is 0 Å². The molecular weight excluding hydrogens is 216 g/mol. The summed E-state index contributed by atoms with van der Waals surface area (Å²) in [6, 6.07) is 0. The molecule has 0 aromatic rings. The van der Waals surface area contributed by atoms with Crippen LogP contribution < -0.4 is 5.32 Å². The number of rotatable bonds is 5. The second-order valence-electron chi connectivity index (χ2n) is 5.69. The summed E-state index contributed by atoms with van der Waals surface area (Å²) >= 11 is 0. The summed E-state index contributed by atoms with van der Waals surface area (Å²) in [5, 5.41) is 12.1. The first-order valence-electron chi connectivity index (χ1n) is 6.61. The maximum atomic E-state index is 11.8. The third-order valence-corrected chi connectivity index (χ3v) is 3.69. The number of carbonyl (C=O) groups is 1. The molecule has 0 unspecified atom stereocenters. The van der Waals surface area contributed by atoms with Gasteiger partial charge in [0.25, 0.3) is 0 Å². The normalized spacial score (nSPS) is 19.3. The van der Waals surface area contributed by atoms with Gasteiger partial charge >= 0.3 is 0 Å². The fourth-order valence-corrected chi connectivity index (χ4v) is 2.04. The summed E-state index contributed by atoms with van der Waals surface area (Å²) < 4.78 is 0. The molecule has 0 aliphatic carbocycles. The van der Waals surface area contributed by atoms with Crippen LogP contribution in [0.2, 0.25) is 0 Å². The van der Waals surface area contributed by atoms with Crippen LogP contribution in [0.25, 0.3) is 0 Å². The minimum Gasteiger partial charge on any atom is -0.396 e. The molecule has 0 aromatic heterocycles. The van der Waals surface area contributed by atoms with Crippen LogP contribution in [-0.4, -0.2) is 47.7 Å². The van der Waals surface area contributed by atoms with Gasteiger partial charge in [-0.05, 0) is 52.1 Å². The van der Waals surface area contributed by atoms with Crippen LogP contribution in [0.15, 0.2) is 0 Å². The van der Waals surface area contributed by atoms with E-state index in [9.17, 15) is 4.79 Å². The van der Waals surface area contributed by atoms with Crippen LogP contribution in [0.1, 0.15) is 40.0 Å². The van der Waals surface area contributed by atoms with Gasteiger partial charge < -0.3 is 10.4 Å². The predicted octanol–water partition coefficient (Wildman–Crippen LogP) is 0.995. The summed E-state index contributed by atoms with van der Waals surface area (Å²) in [7, 11) is 0. The number of aliphatic hydroxyl groups is 1. The van der Waals surface area contributed by atoms with E-state index in [1.807, 2.05) is 13.8 Å². The zero-order valence-corrected chi connectivity index (χ0v) is 11.3. The van der Waals surface area contributed by atoms with E-state index in [0.717, 1.165) is 32.4 Å². The minimum absolute atomic E-state index is 0.110. The van der Waals surface area contributed by atoms with Gasteiger partial charge in [0, 0.05) is 12.1 Å². The third kappa shape index (κ3) is 5.04. The molecule has 1 aliphatic rings. The van der Waals surface area contributed by atoms with Crippen molar-refractivity contribution in [3.8, 4) is 0 Å². The maximum absolute atomic E-state index is 11.8. The van der Waals surface area contributed by atoms with E-state index < -0.39 is 0 Å². The Kier molecular flexibility index (Phi) is 5.40. The van der Waals surface area contributed by atoms with E-state index in [-0.39, 0.29) is 18.1 Å². The van der Waals surface area contributed by atoms with Crippen molar-refractivity contribution < 1.29 is 9.90 Å². The van der Waals surface area contributed by atoms with Gasteiger partial charge in [-0.15, -0.1) is 0 Å². The quantitative estimate of drug-likeness (QED) is 0.756. The molecule has 1 fully saturated rings. The van der Waals surface area contributed by atoms with Crippen LogP contribution in [0.3, 0.4) is 0 Å². The number of nitrogens with zero attached hydrogens (tertiary/aromatic N) is 1. The first-order valence-corrected chi connectivity index (χ1v) is 6.61. The summed E-state index contributed by atoms with van der Waals surface area (Å²) in [6.45, 7) is 8.78. The summed E-state index contributed by atoms with van der Waals surface area (Å²) in [5.41, 5.74) is -0.111. The number of nitrogens with one attached hydrogen (secondary N) is 1. The van der Waals surface area contributed by atoms with Crippen molar-refractivity contribution in [1.82, 2.24) is 10.2 Å². The zero-order chi connectivity index (χ0) is 12.9. The summed E-state index contributed by atoms with van der Waals surface area (Å²) in [5.74, 6) is 0.542. The topological polar surface area (TPSA) is 52.6 Å². The summed E-state index contributed by atoms with van der Waals surface area (Å²) in [6.07, 6.45) is 2.94. The molecule has 4 nitrogen and oxygen atoms in total. The first-order chi connectivity index (χ1) is 7.96. The molecule has 0 spiro atoms. The van der Waals surface area contributed by atoms with E-state index in [2.05, 4.69) is 17.1 Å². The molecule has 4 heteroatoms. The molecule has 17 heavy (non-hydrogen) atoms. The number of aliphatic hydroxyl groups excluding tert-OH is 1. The van der Waals surface area contributed by atoms with Crippen molar-refractivity contribution in [3.05, 3.63) is 0 Å². The molecule has 1 amide bonds. The lowest BCUT2D eigenvalue weighted by Gasteiger charge is -2.32. The number of hydrogen-bond donors (Lipinski definition) is 2. The lowest BCUT2D eigenvalue weighted by molar-refractivity contribution is -0.124. The molecule has 0 aromatic carbocycles. The van der Waals surface area contributed by atoms with E-state index in [0.29, 0.717) is 12.5 Å². The van der Waals surface area contributed by atoms with Gasteiger partial charge in [0.1, 0.15) is 0 Å². The van der Waals surface area contributed by atoms with Crippen LogP contribution >= 0.6 is 0 Å². The van der Waals surface area contributed by atoms with E-state index in [4.69, 9.17) is 5.11 Å². The highest BCUT2D eigenvalue weighted by molar-refractivity contribution is 5.78. The molecular formula is C13H26N2O2. The lowest BCUT2D eigenvalue weighted by Crippen LogP contribution is -2.48. The van der Waals surface area contributed by atoms with Gasteiger partial charge in [-0.3, -0.25) is 9.69 Å². The van der Waals surface area contributed by atoms with Crippen LogP contribution in [0.4, 0.5) is 0 Å². The number of likely N-dealkylation sites (tertiary alicyclic amines) is 1. The van der Waals surface area contributed by atoms with Crippen LogP contribution in [-0.2, 0) is 4.79 Å². The van der Waals surface area contributed by atoms with Crippen molar-refractivity contribution in [2.45, 2.75) is 45.6 Å². The monoisotopic (exact) mass is 242 g/mol.